The first-order valence-corrected chi connectivity index (χ1v) is 11.5. The third-order valence-corrected chi connectivity index (χ3v) is 7.00. The first kappa shape index (κ1) is 20.4. The van der Waals surface area contributed by atoms with Crippen molar-refractivity contribution in [3.8, 4) is 0 Å². The van der Waals surface area contributed by atoms with Crippen molar-refractivity contribution in [2.45, 2.75) is 57.9 Å². The Morgan fingerprint density at radius 3 is 2.48 bits per heavy atom. The highest BCUT2D eigenvalue weighted by Gasteiger charge is 2.37. The van der Waals surface area contributed by atoms with E-state index in [0.29, 0.717) is 24.4 Å². The molecule has 158 valence electrons. The van der Waals surface area contributed by atoms with E-state index in [1.165, 1.54) is 11.1 Å². The molecule has 4 rings (SSSR count). The summed E-state index contributed by atoms with van der Waals surface area (Å²) in [4.78, 5) is 29.6. The topological polar surface area (TPSA) is 52.7 Å². The monoisotopic (exact) mass is 397 g/mol. The summed E-state index contributed by atoms with van der Waals surface area (Å²) < 4.78 is 0. The average Bonchev–Trinajstić information content (AvgIpc) is 3.60. The molecule has 5 heteroatoms. The molecule has 5 nitrogen and oxygen atoms in total. The van der Waals surface area contributed by atoms with Gasteiger partial charge in [-0.15, -0.1) is 0 Å². The van der Waals surface area contributed by atoms with Gasteiger partial charge in [0.25, 0.3) is 0 Å². The lowest BCUT2D eigenvalue weighted by atomic mass is 9.93. The molecule has 1 atom stereocenters. The van der Waals surface area contributed by atoms with Crippen LogP contribution in [0, 0.1) is 18.8 Å². The lowest BCUT2D eigenvalue weighted by Crippen LogP contribution is -2.51. The smallest absolute Gasteiger partial charge is 0.225 e. The van der Waals surface area contributed by atoms with E-state index in [1.807, 2.05) is 0 Å². The predicted octanol–water partition coefficient (Wildman–Crippen LogP) is 2.77. The average molecular weight is 398 g/mol. The molecular weight excluding hydrogens is 362 g/mol. The van der Waals surface area contributed by atoms with Crippen molar-refractivity contribution in [1.82, 2.24) is 15.1 Å². The molecule has 1 saturated carbocycles. The van der Waals surface area contributed by atoms with Gasteiger partial charge in [-0.05, 0) is 69.5 Å². The van der Waals surface area contributed by atoms with Crippen molar-refractivity contribution in [2.75, 3.05) is 32.7 Å². The molecule has 0 radical (unpaired) electrons. The van der Waals surface area contributed by atoms with Crippen LogP contribution in [0.3, 0.4) is 0 Å². The maximum absolute atomic E-state index is 12.7. The summed E-state index contributed by atoms with van der Waals surface area (Å²) in [6.45, 7) is 6.58. The van der Waals surface area contributed by atoms with E-state index in [4.69, 9.17) is 0 Å². The molecule has 1 aromatic carbocycles. The second-order valence-electron chi connectivity index (χ2n) is 9.13. The van der Waals surface area contributed by atoms with Gasteiger partial charge in [-0.1, -0.05) is 24.3 Å². The highest BCUT2D eigenvalue weighted by molar-refractivity contribution is 5.81. The molecule has 2 heterocycles. The van der Waals surface area contributed by atoms with Crippen LogP contribution in [0.5, 0.6) is 0 Å². The molecule has 2 amide bonds. The van der Waals surface area contributed by atoms with Crippen LogP contribution in [0.1, 0.15) is 49.7 Å². The number of carbonyl (C=O) groups is 2. The van der Waals surface area contributed by atoms with Crippen molar-refractivity contribution in [3.63, 3.8) is 0 Å². The Bertz CT molecular complexity index is 723. The Labute approximate surface area is 174 Å². The van der Waals surface area contributed by atoms with Gasteiger partial charge in [-0.3, -0.25) is 14.5 Å². The number of nitrogens with one attached hydrogen (secondary N) is 1. The minimum atomic E-state index is 0.103. The van der Waals surface area contributed by atoms with Crippen LogP contribution in [0.25, 0.3) is 0 Å². The Kier molecular flexibility index (Phi) is 6.53. The summed E-state index contributed by atoms with van der Waals surface area (Å²) in [5.41, 5.74) is 2.60. The number of hydrogen-bond acceptors (Lipinski definition) is 3. The highest BCUT2D eigenvalue weighted by atomic mass is 16.2. The third-order valence-electron chi connectivity index (χ3n) is 7.00. The lowest BCUT2D eigenvalue weighted by Gasteiger charge is -2.42. The summed E-state index contributed by atoms with van der Waals surface area (Å²) >= 11 is 0. The fourth-order valence-electron chi connectivity index (χ4n) is 4.95. The Hall–Kier alpha value is -1.88. The normalized spacial score (nSPS) is 23.8. The van der Waals surface area contributed by atoms with Crippen LogP contribution in [0.15, 0.2) is 24.3 Å². The molecular formula is C24H35N3O2. The molecule has 1 aliphatic carbocycles. The molecule has 3 aliphatic rings. The first-order valence-electron chi connectivity index (χ1n) is 11.5. The number of amides is 2. The predicted molar refractivity (Wildman–Crippen MR) is 115 cm³/mol. The maximum atomic E-state index is 12.7. The number of likely N-dealkylation sites (tertiary alicyclic amines) is 2. The summed E-state index contributed by atoms with van der Waals surface area (Å²) in [5.74, 6) is 1.03. The van der Waals surface area contributed by atoms with Crippen LogP contribution in [0.2, 0.25) is 0 Å². The van der Waals surface area contributed by atoms with Crippen molar-refractivity contribution in [1.29, 1.82) is 0 Å². The zero-order valence-corrected chi connectivity index (χ0v) is 17.7. The zero-order valence-electron chi connectivity index (χ0n) is 17.7. The van der Waals surface area contributed by atoms with E-state index in [9.17, 15) is 9.59 Å². The third kappa shape index (κ3) is 5.19. The number of hydrogen-bond donors (Lipinski definition) is 1. The van der Waals surface area contributed by atoms with Crippen molar-refractivity contribution in [3.05, 3.63) is 35.4 Å². The van der Waals surface area contributed by atoms with Crippen LogP contribution in [-0.4, -0.2) is 60.4 Å². The molecule has 3 fully saturated rings. The molecule has 29 heavy (non-hydrogen) atoms. The van der Waals surface area contributed by atoms with Crippen LogP contribution < -0.4 is 5.32 Å². The molecule has 0 aromatic heterocycles. The maximum Gasteiger partial charge on any atom is 0.225 e. The lowest BCUT2D eigenvalue weighted by molar-refractivity contribution is -0.134. The molecule has 1 N–H and O–H groups in total. The van der Waals surface area contributed by atoms with Crippen molar-refractivity contribution in [2.24, 2.45) is 11.8 Å². The Morgan fingerprint density at radius 2 is 1.76 bits per heavy atom. The van der Waals surface area contributed by atoms with E-state index in [-0.39, 0.29) is 11.8 Å². The Morgan fingerprint density at radius 1 is 1.00 bits per heavy atom. The minimum absolute atomic E-state index is 0.103. The van der Waals surface area contributed by atoms with Gasteiger partial charge < -0.3 is 10.2 Å². The summed E-state index contributed by atoms with van der Waals surface area (Å²) in [7, 11) is 0. The molecule has 0 bridgehead atoms. The number of piperidine rings is 2. The number of nitrogens with zero attached hydrogens (tertiary/aromatic N) is 2. The van der Waals surface area contributed by atoms with Gasteiger partial charge in [0.15, 0.2) is 0 Å². The van der Waals surface area contributed by atoms with E-state index in [2.05, 4.69) is 46.3 Å². The fourth-order valence-corrected chi connectivity index (χ4v) is 4.95. The SMILES string of the molecule is Cc1ccccc1CCNC(=O)[C@H]1CCCN(C2CCN(C(=O)C3CC3)CC2)C1. The van der Waals surface area contributed by atoms with Gasteiger partial charge in [0.2, 0.25) is 11.8 Å². The number of aryl methyl sites for hydroxylation is 1. The second kappa shape index (κ2) is 9.29. The van der Waals surface area contributed by atoms with Crippen molar-refractivity contribution < 1.29 is 9.59 Å². The Balaban J connectivity index is 1.21. The molecule has 2 aliphatic heterocycles. The van der Waals surface area contributed by atoms with Crippen molar-refractivity contribution >= 4 is 11.8 Å². The molecule has 0 unspecified atom stereocenters. The summed E-state index contributed by atoms with van der Waals surface area (Å²) in [6, 6.07) is 8.91. The molecule has 2 saturated heterocycles. The number of benzene rings is 1. The summed E-state index contributed by atoms with van der Waals surface area (Å²) in [6.07, 6.45) is 7.27. The van der Waals surface area contributed by atoms with Crippen LogP contribution >= 0.6 is 0 Å². The van der Waals surface area contributed by atoms with Gasteiger partial charge >= 0.3 is 0 Å². The van der Waals surface area contributed by atoms with Crippen LogP contribution in [0.4, 0.5) is 0 Å². The molecule has 0 spiro atoms. The van der Waals surface area contributed by atoms with E-state index < -0.39 is 0 Å². The zero-order chi connectivity index (χ0) is 20.2. The minimum Gasteiger partial charge on any atom is -0.355 e. The number of carbonyl (C=O) groups excluding carboxylic acids is 2. The fraction of sp³-hybridized carbons (Fsp3) is 0.667. The number of rotatable bonds is 6. The first-order chi connectivity index (χ1) is 14.1. The van der Waals surface area contributed by atoms with Gasteiger partial charge in [0.1, 0.15) is 0 Å². The van der Waals surface area contributed by atoms with E-state index in [0.717, 1.165) is 71.1 Å². The van der Waals surface area contributed by atoms with Gasteiger partial charge in [0.05, 0.1) is 5.92 Å². The molecule has 1 aromatic rings. The van der Waals surface area contributed by atoms with Crippen LogP contribution in [-0.2, 0) is 16.0 Å². The second-order valence-corrected chi connectivity index (χ2v) is 9.13. The standard InChI is InChI=1S/C24H35N3O2/c1-18-5-2-3-6-19(18)10-13-25-23(28)21-7-4-14-27(17-21)22-11-15-26(16-12-22)24(29)20-8-9-20/h2-3,5-6,20-22H,4,7-17H2,1H3,(H,25,28)/t21-/m0/s1. The quantitative estimate of drug-likeness (QED) is 0.803. The van der Waals surface area contributed by atoms with Gasteiger partial charge in [-0.25, -0.2) is 0 Å². The van der Waals surface area contributed by atoms with Gasteiger partial charge in [0, 0.05) is 38.1 Å². The summed E-state index contributed by atoms with van der Waals surface area (Å²) in [5, 5.41) is 3.17. The van der Waals surface area contributed by atoms with E-state index in [1.54, 1.807) is 0 Å². The van der Waals surface area contributed by atoms with Gasteiger partial charge in [-0.2, -0.15) is 0 Å². The van der Waals surface area contributed by atoms with E-state index >= 15 is 0 Å². The highest BCUT2D eigenvalue weighted by Crippen LogP contribution is 2.32. The largest absolute Gasteiger partial charge is 0.355 e.